The molecule has 16 heavy (non-hydrogen) atoms. The minimum atomic E-state index is -0.297. The molecule has 0 aliphatic carbocycles. The number of allylic oxidation sites excluding steroid dienone is 2. The fraction of sp³-hybridized carbons (Fsp3) is 0.500. The summed E-state index contributed by atoms with van der Waals surface area (Å²) >= 11 is 0. The molecule has 0 spiro atoms. The van der Waals surface area contributed by atoms with Crippen LogP contribution in [-0.2, 0) is 14.3 Å². The molecule has 4 heteroatoms. The van der Waals surface area contributed by atoms with Gasteiger partial charge in [-0.05, 0) is 25.0 Å². The van der Waals surface area contributed by atoms with Crippen LogP contribution < -0.4 is 5.32 Å². The van der Waals surface area contributed by atoms with E-state index in [0.717, 1.165) is 6.42 Å². The van der Waals surface area contributed by atoms with E-state index in [1.807, 2.05) is 6.92 Å². The van der Waals surface area contributed by atoms with Gasteiger partial charge in [-0.1, -0.05) is 13.5 Å². The molecule has 0 fully saturated rings. The first-order chi connectivity index (χ1) is 7.57. The second-order valence-corrected chi connectivity index (χ2v) is 3.38. The highest BCUT2D eigenvalue weighted by Gasteiger charge is 1.98. The molecule has 0 atom stereocenters. The van der Waals surface area contributed by atoms with Crippen LogP contribution in [0.1, 0.15) is 21.7 Å². The highest BCUT2D eigenvalue weighted by molar-refractivity contribution is 6.06. The van der Waals surface area contributed by atoms with Crippen molar-refractivity contribution >= 4 is 11.7 Å². The van der Waals surface area contributed by atoms with Crippen LogP contribution in [0.2, 0.25) is 0 Å². The third-order valence-electron chi connectivity index (χ3n) is 1.70. The summed E-state index contributed by atoms with van der Waals surface area (Å²) in [5.41, 5.74) is 0.412. The number of rotatable bonds is 8. The largest absolute Gasteiger partial charge is 0.380 e. The highest BCUT2D eigenvalue weighted by atomic mass is 16.5. The lowest BCUT2D eigenvalue weighted by molar-refractivity contribution is -0.117. The second kappa shape index (κ2) is 8.85. The molecule has 0 rings (SSSR count). The molecule has 0 saturated carbocycles. The molecular weight excluding hydrogens is 206 g/mol. The molecule has 1 amide bonds. The number of amides is 1. The fourth-order valence-corrected chi connectivity index (χ4v) is 0.845. The Hall–Kier alpha value is -1.42. The van der Waals surface area contributed by atoms with Gasteiger partial charge in [0.05, 0.1) is 6.61 Å². The van der Waals surface area contributed by atoms with Crippen LogP contribution in [0.3, 0.4) is 0 Å². The van der Waals surface area contributed by atoms with Crippen LogP contribution in [0.5, 0.6) is 0 Å². The smallest absolute Gasteiger partial charge is 0.244 e. The van der Waals surface area contributed by atoms with E-state index in [0.29, 0.717) is 25.3 Å². The van der Waals surface area contributed by atoms with E-state index in [1.54, 1.807) is 6.92 Å². The van der Waals surface area contributed by atoms with Crippen LogP contribution in [0.15, 0.2) is 24.3 Å². The molecule has 0 aliphatic rings. The fourth-order valence-electron chi connectivity index (χ4n) is 0.845. The Morgan fingerprint density at radius 2 is 2.06 bits per heavy atom. The zero-order chi connectivity index (χ0) is 12.4. The van der Waals surface area contributed by atoms with Crippen molar-refractivity contribution in [1.82, 2.24) is 5.32 Å². The van der Waals surface area contributed by atoms with Crippen LogP contribution in [0.4, 0.5) is 0 Å². The SMILES string of the molecule is C=C(C)C(=O)/C=C/C(=O)NCCOCCC.[HH]. The van der Waals surface area contributed by atoms with Gasteiger partial charge >= 0.3 is 0 Å². The Morgan fingerprint density at radius 1 is 1.38 bits per heavy atom. The van der Waals surface area contributed by atoms with E-state index < -0.39 is 0 Å². The molecule has 0 bridgehead atoms. The summed E-state index contributed by atoms with van der Waals surface area (Å²) in [6, 6.07) is 0. The topological polar surface area (TPSA) is 55.4 Å². The Balaban J connectivity index is 0. The van der Waals surface area contributed by atoms with E-state index in [2.05, 4.69) is 11.9 Å². The zero-order valence-corrected chi connectivity index (χ0v) is 9.91. The van der Waals surface area contributed by atoms with Crippen LogP contribution in [0, 0.1) is 0 Å². The zero-order valence-electron chi connectivity index (χ0n) is 9.91. The normalized spacial score (nSPS) is 10.4. The summed E-state index contributed by atoms with van der Waals surface area (Å²) in [5.74, 6) is -0.535. The Kier molecular flexibility index (Phi) is 8.07. The molecule has 0 aromatic carbocycles. The van der Waals surface area contributed by atoms with E-state index >= 15 is 0 Å². The monoisotopic (exact) mass is 227 g/mol. The van der Waals surface area contributed by atoms with Crippen molar-refractivity contribution in [2.24, 2.45) is 0 Å². The van der Waals surface area contributed by atoms with Crippen molar-refractivity contribution in [2.75, 3.05) is 19.8 Å². The van der Waals surface area contributed by atoms with Crippen molar-refractivity contribution < 1.29 is 15.8 Å². The van der Waals surface area contributed by atoms with Crippen LogP contribution in [0.25, 0.3) is 0 Å². The summed E-state index contributed by atoms with van der Waals surface area (Å²) in [7, 11) is 0. The number of nitrogens with one attached hydrogen (secondary N) is 1. The maximum atomic E-state index is 11.2. The van der Waals surface area contributed by atoms with E-state index in [-0.39, 0.29) is 13.1 Å². The first kappa shape index (κ1) is 14.6. The maximum absolute atomic E-state index is 11.2. The van der Waals surface area contributed by atoms with Gasteiger partial charge in [0.2, 0.25) is 5.91 Å². The molecule has 1 N–H and O–H groups in total. The lowest BCUT2D eigenvalue weighted by atomic mass is 10.2. The van der Waals surface area contributed by atoms with Crippen molar-refractivity contribution in [1.29, 1.82) is 0 Å². The molecule has 0 heterocycles. The number of hydrogen-bond acceptors (Lipinski definition) is 3. The van der Waals surface area contributed by atoms with Crippen molar-refractivity contribution in [3.05, 3.63) is 24.3 Å². The molecule has 0 aromatic heterocycles. The quantitative estimate of drug-likeness (QED) is 0.504. The molecular formula is C12H21NO3. The molecule has 0 aliphatic heterocycles. The maximum Gasteiger partial charge on any atom is 0.244 e. The molecule has 0 radical (unpaired) electrons. The molecule has 4 nitrogen and oxygen atoms in total. The lowest BCUT2D eigenvalue weighted by Crippen LogP contribution is -2.25. The van der Waals surface area contributed by atoms with Gasteiger partial charge < -0.3 is 10.1 Å². The van der Waals surface area contributed by atoms with Crippen molar-refractivity contribution in [3.8, 4) is 0 Å². The standard InChI is InChI=1S/C12H19NO3.H2/c1-4-8-16-9-7-13-12(15)6-5-11(14)10(2)3;/h5-6H,2,4,7-9H2,1,3H3,(H,13,15);1H/b6-5+;. The summed E-state index contributed by atoms with van der Waals surface area (Å²) in [5, 5.41) is 2.60. The number of ketones is 1. The predicted octanol–water partition coefficient (Wildman–Crippen LogP) is 1.48. The van der Waals surface area contributed by atoms with Gasteiger partial charge in [0.25, 0.3) is 0 Å². The van der Waals surface area contributed by atoms with Gasteiger partial charge in [-0.25, -0.2) is 0 Å². The minimum Gasteiger partial charge on any atom is -0.380 e. The van der Waals surface area contributed by atoms with Gasteiger partial charge in [-0.3, -0.25) is 9.59 Å². The third kappa shape index (κ3) is 7.94. The Labute approximate surface area is 97.8 Å². The molecule has 0 saturated heterocycles. The van der Waals surface area contributed by atoms with Gasteiger partial charge in [0.15, 0.2) is 5.78 Å². The first-order valence-electron chi connectivity index (χ1n) is 5.31. The van der Waals surface area contributed by atoms with Gasteiger partial charge in [0.1, 0.15) is 0 Å². The Morgan fingerprint density at radius 3 is 2.62 bits per heavy atom. The molecule has 0 aromatic rings. The lowest BCUT2D eigenvalue weighted by Gasteiger charge is -2.02. The van der Waals surface area contributed by atoms with Crippen LogP contribution >= 0.6 is 0 Å². The average molecular weight is 227 g/mol. The molecule has 0 unspecified atom stereocenters. The molecule has 92 valence electrons. The van der Waals surface area contributed by atoms with Crippen molar-refractivity contribution in [2.45, 2.75) is 20.3 Å². The van der Waals surface area contributed by atoms with E-state index in [1.165, 1.54) is 12.2 Å². The van der Waals surface area contributed by atoms with Gasteiger partial charge in [-0.2, -0.15) is 0 Å². The van der Waals surface area contributed by atoms with Gasteiger partial charge in [0, 0.05) is 20.7 Å². The number of ether oxygens (including phenoxy) is 1. The summed E-state index contributed by atoms with van der Waals surface area (Å²) in [4.78, 5) is 22.2. The summed E-state index contributed by atoms with van der Waals surface area (Å²) in [6.07, 6.45) is 3.38. The van der Waals surface area contributed by atoms with Crippen molar-refractivity contribution in [3.63, 3.8) is 0 Å². The number of carbonyl (C=O) groups is 2. The number of carbonyl (C=O) groups excluding carboxylic acids is 2. The van der Waals surface area contributed by atoms with Crippen LogP contribution in [-0.4, -0.2) is 31.4 Å². The summed E-state index contributed by atoms with van der Waals surface area (Å²) < 4.78 is 5.18. The summed E-state index contributed by atoms with van der Waals surface area (Å²) in [6.45, 7) is 8.73. The number of hydrogen-bond donors (Lipinski definition) is 1. The third-order valence-corrected chi connectivity index (χ3v) is 1.70. The van der Waals surface area contributed by atoms with Gasteiger partial charge in [-0.15, -0.1) is 0 Å². The second-order valence-electron chi connectivity index (χ2n) is 3.38. The first-order valence-corrected chi connectivity index (χ1v) is 5.31. The van der Waals surface area contributed by atoms with E-state index in [4.69, 9.17) is 4.74 Å². The van der Waals surface area contributed by atoms with E-state index in [9.17, 15) is 9.59 Å². The average Bonchev–Trinajstić information content (AvgIpc) is 2.25. The predicted molar refractivity (Wildman–Crippen MR) is 65.2 cm³/mol. The minimum absolute atomic E-state index is 0. The Bertz CT molecular complexity index is 287. The highest BCUT2D eigenvalue weighted by Crippen LogP contribution is 1.90.